The molecular weight excluding hydrogens is 282 g/mol. The van der Waals surface area contributed by atoms with Gasteiger partial charge in [-0.1, -0.05) is 12.1 Å². The second kappa shape index (κ2) is 5.68. The van der Waals surface area contributed by atoms with Crippen LogP contribution in [0.1, 0.15) is 5.56 Å². The van der Waals surface area contributed by atoms with Crippen LogP contribution in [0.3, 0.4) is 0 Å². The molecule has 0 aliphatic carbocycles. The number of hydrogen-bond donors (Lipinski definition) is 0. The highest BCUT2D eigenvalue weighted by Gasteiger charge is 2.00. The number of methoxy groups -OCH3 is 1. The first-order valence-electron chi connectivity index (χ1n) is 5.15. The van der Waals surface area contributed by atoms with Crippen molar-refractivity contribution in [1.29, 1.82) is 0 Å². The molecule has 0 aliphatic heterocycles. The number of aromatic nitrogens is 1. The predicted molar refractivity (Wildman–Crippen MR) is 69.3 cm³/mol. The Balaban J connectivity index is 2.00. The third kappa shape index (κ3) is 3.20. The standard InChI is InChI=1S/C13H12BrNO2/c1-16-11-4-2-10(3-5-11)9-17-13-6-7-15-8-12(13)14/h2-8H,9H2,1H3. The minimum Gasteiger partial charge on any atom is -0.497 e. The molecule has 17 heavy (non-hydrogen) atoms. The summed E-state index contributed by atoms with van der Waals surface area (Å²) in [6.45, 7) is 0.520. The normalized spacial score (nSPS) is 10.0. The summed E-state index contributed by atoms with van der Waals surface area (Å²) in [5, 5.41) is 0. The maximum Gasteiger partial charge on any atom is 0.137 e. The van der Waals surface area contributed by atoms with Gasteiger partial charge in [0.25, 0.3) is 0 Å². The summed E-state index contributed by atoms with van der Waals surface area (Å²) in [5.41, 5.74) is 1.09. The summed E-state index contributed by atoms with van der Waals surface area (Å²) in [7, 11) is 1.65. The van der Waals surface area contributed by atoms with Gasteiger partial charge in [-0.15, -0.1) is 0 Å². The Morgan fingerprint density at radius 3 is 2.59 bits per heavy atom. The Kier molecular flexibility index (Phi) is 3.98. The van der Waals surface area contributed by atoms with Gasteiger partial charge in [-0.3, -0.25) is 4.98 Å². The number of halogens is 1. The number of nitrogens with zero attached hydrogens (tertiary/aromatic N) is 1. The second-order valence-corrected chi connectivity index (χ2v) is 4.30. The Morgan fingerprint density at radius 2 is 1.94 bits per heavy atom. The van der Waals surface area contributed by atoms with Crippen LogP contribution in [0.2, 0.25) is 0 Å². The fourth-order valence-corrected chi connectivity index (χ4v) is 1.73. The summed E-state index contributed by atoms with van der Waals surface area (Å²) >= 11 is 3.39. The van der Waals surface area contributed by atoms with E-state index in [1.807, 2.05) is 30.3 Å². The van der Waals surface area contributed by atoms with Crippen LogP contribution in [-0.2, 0) is 6.61 Å². The molecule has 3 nitrogen and oxygen atoms in total. The number of rotatable bonds is 4. The summed E-state index contributed by atoms with van der Waals surface area (Å²) in [5.74, 6) is 1.63. The van der Waals surface area contributed by atoms with Gasteiger partial charge in [0.05, 0.1) is 11.6 Å². The van der Waals surface area contributed by atoms with E-state index >= 15 is 0 Å². The van der Waals surface area contributed by atoms with Crippen molar-refractivity contribution in [2.45, 2.75) is 6.61 Å². The van der Waals surface area contributed by atoms with Gasteiger partial charge >= 0.3 is 0 Å². The molecule has 0 saturated heterocycles. The quantitative estimate of drug-likeness (QED) is 0.865. The molecule has 1 aromatic carbocycles. The van der Waals surface area contributed by atoms with E-state index in [4.69, 9.17) is 9.47 Å². The maximum absolute atomic E-state index is 5.67. The fourth-order valence-electron chi connectivity index (χ4n) is 1.36. The zero-order chi connectivity index (χ0) is 12.1. The molecule has 0 bridgehead atoms. The minimum absolute atomic E-state index is 0.520. The molecule has 0 aliphatic rings. The first-order chi connectivity index (χ1) is 8.29. The van der Waals surface area contributed by atoms with E-state index in [9.17, 15) is 0 Å². The molecule has 0 fully saturated rings. The van der Waals surface area contributed by atoms with Gasteiger partial charge in [-0.05, 0) is 39.7 Å². The molecule has 0 N–H and O–H groups in total. The van der Waals surface area contributed by atoms with E-state index in [0.29, 0.717) is 6.61 Å². The molecule has 4 heteroatoms. The van der Waals surface area contributed by atoms with E-state index in [1.165, 1.54) is 0 Å². The zero-order valence-corrected chi connectivity index (χ0v) is 11.0. The highest BCUT2D eigenvalue weighted by Crippen LogP contribution is 2.23. The molecule has 0 spiro atoms. The van der Waals surface area contributed by atoms with Crippen molar-refractivity contribution in [3.8, 4) is 11.5 Å². The highest BCUT2D eigenvalue weighted by atomic mass is 79.9. The number of benzene rings is 1. The van der Waals surface area contributed by atoms with Gasteiger partial charge in [-0.25, -0.2) is 0 Å². The molecule has 0 atom stereocenters. The lowest BCUT2D eigenvalue weighted by molar-refractivity contribution is 0.303. The van der Waals surface area contributed by atoms with Crippen LogP contribution in [-0.4, -0.2) is 12.1 Å². The summed E-state index contributed by atoms with van der Waals surface area (Å²) in [6.07, 6.45) is 3.41. The van der Waals surface area contributed by atoms with Crippen LogP contribution in [0.5, 0.6) is 11.5 Å². The van der Waals surface area contributed by atoms with Crippen LogP contribution in [0, 0.1) is 0 Å². The molecule has 1 aromatic heterocycles. The molecule has 2 rings (SSSR count). The van der Waals surface area contributed by atoms with E-state index < -0.39 is 0 Å². The van der Waals surface area contributed by atoms with Crippen molar-refractivity contribution >= 4 is 15.9 Å². The van der Waals surface area contributed by atoms with Gasteiger partial charge < -0.3 is 9.47 Å². The predicted octanol–water partition coefficient (Wildman–Crippen LogP) is 3.43. The van der Waals surface area contributed by atoms with E-state index in [2.05, 4.69) is 20.9 Å². The molecule has 0 saturated carbocycles. The van der Waals surface area contributed by atoms with Gasteiger partial charge in [-0.2, -0.15) is 0 Å². The van der Waals surface area contributed by atoms with Crippen LogP contribution in [0.25, 0.3) is 0 Å². The van der Waals surface area contributed by atoms with Crippen molar-refractivity contribution in [3.63, 3.8) is 0 Å². The van der Waals surface area contributed by atoms with Crippen LogP contribution >= 0.6 is 15.9 Å². The molecule has 1 heterocycles. The maximum atomic E-state index is 5.67. The summed E-state index contributed by atoms with van der Waals surface area (Å²) in [6, 6.07) is 9.62. The molecule has 0 unspecified atom stereocenters. The van der Waals surface area contributed by atoms with E-state index in [0.717, 1.165) is 21.5 Å². The van der Waals surface area contributed by atoms with Gasteiger partial charge in [0, 0.05) is 12.4 Å². The van der Waals surface area contributed by atoms with Gasteiger partial charge in [0.15, 0.2) is 0 Å². The average molecular weight is 294 g/mol. The molecule has 0 radical (unpaired) electrons. The summed E-state index contributed by atoms with van der Waals surface area (Å²) in [4.78, 5) is 3.98. The monoisotopic (exact) mass is 293 g/mol. The fraction of sp³-hybridized carbons (Fsp3) is 0.154. The van der Waals surface area contributed by atoms with Crippen molar-refractivity contribution in [3.05, 3.63) is 52.8 Å². The van der Waals surface area contributed by atoms with Gasteiger partial charge in [0.2, 0.25) is 0 Å². The Labute approximate surface area is 109 Å². The highest BCUT2D eigenvalue weighted by molar-refractivity contribution is 9.10. The summed E-state index contributed by atoms with van der Waals surface area (Å²) < 4.78 is 11.6. The first-order valence-corrected chi connectivity index (χ1v) is 5.94. The average Bonchev–Trinajstić information content (AvgIpc) is 2.38. The molecule has 2 aromatic rings. The lowest BCUT2D eigenvalue weighted by atomic mass is 10.2. The largest absolute Gasteiger partial charge is 0.497 e. The smallest absolute Gasteiger partial charge is 0.137 e. The Morgan fingerprint density at radius 1 is 1.18 bits per heavy atom. The number of hydrogen-bond acceptors (Lipinski definition) is 3. The van der Waals surface area contributed by atoms with Crippen LogP contribution < -0.4 is 9.47 Å². The topological polar surface area (TPSA) is 31.4 Å². The molecular formula is C13H12BrNO2. The molecule has 0 amide bonds. The molecule has 88 valence electrons. The third-order valence-corrected chi connectivity index (χ3v) is 2.88. The lowest BCUT2D eigenvalue weighted by Gasteiger charge is -2.08. The minimum atomic E-state index is 0.520. The Hall–Kier alpha value is -1.55. The van der Waals surface area contributed by atoms with Crippen LogP contribution in [0.4, 0.5) is 0 Å². The SMILES string of the molecule is COc1ccc(COc2ccncc2Br)cc1. The van der Waals surface area contributed by atoms with E-state index in [-0.39, 0.29) is 0 Å². The number of pyridine rings is 1. The third-order valence-electron chi connectivity index (χ3n) is 2.29. The van der Waals surface area contributed by atoms with Crippen molar-refractivity contribution < 1.29 is 9.47 Å². The number of ether oxygens (including phenoxy) is 2. The van der Waals surface area contributed by atoms with Gasteiger partial charge in [0.1, 0.15) is 18.1 Å². The van der Waals surface area contributed by atoms with Crippen molar-refractivity contribution in [2.24, 2.45) is 0 Å². The zero-order valence-electron chi connectivity index (χ0n) is 9.39. The second-order valence-electron chi connectivity index (χ2n) is 3.44. The van der Waals surface area contributed by atoms with Crippen molar-refractivity contribution in [2.75, 3.05) is 7.11 Å². The first kappa shape index (κ1) is 11.9. The van der Waals surface area contributed by atoms with Crippen molar-refractivity contribution in [1.82, 2.24) is 4.98 Å². The lowest BCUT2D eigenvalue weighted by Crippen LogP contribution is -1.96. The van der Waals surface area contributed by atoms with E-state index in [1.54, 1.807) is 19.5 Å². The Bertz CT molecular complexity index is 485. The van der Waals surface area contributed by atoms with Crippen LogP contribution in [0.15, 0.2) is 47.2 Å².